The molecule has 20 heavy (non-hydrogen) atoms. The Kier molecular flexibility index (Phi) is 2.35. The van der Waals surface area contributed by atoms with Crippen LogP contribution < -0.4 is 11.1 Å². The molecule has 0 atom stereocenters. The first-order valence-corrected chi connectivity index (χ1v) is 6.63. The van der Waals surface area contributed by atoms with Gasteiger partial charge in [0, 0.05) is 23.2 Å². The van der Waals surface area contributed by atoms with Gasteiger partial charge < -0.3 is 11.1 Å². The molecule has 1 fully saturated rings. The van der Waals surface area contributed by atoms with E-state index in [1.54, 1.807) is 6.20 Å². The molecular formula is C14H14N6. The molecule has 1 aromatic carbocycles. The monoisotopic (exact) mass is 266 g/mol. The van der Waals surface area contributed by atoms with Crippen LogP contribution in [0.3, 0.4) is 0 Å². The summed E-state index contributed by atoms with van der Waals surface area (Å²) in [7, 11) is 0. The summed E-state index contributed by atoms with van der Waals surface area (Å²) >= 11 is 0. The molecule has 1 saturated carbocycles. The third-order valence-corrected chi connectivity index (χ3v) is 3.43. The van der Waals surface area contributed by atoms with E-state index in [0.29, 0.717) is 12.0 Å². The third kappa shape index (κ3) is 1.95. The zero-order valence-electron chi connectivity index (χ0n) is 10.8. The van der Waals surface area contributed by atoms with Crippen LogP contribution >= 0.6 is 0 Å². The molecular weight excluding hydrogens is 252 g/mol. The maximum atomic E-state index is 5.81. The number of hydrogen-bond donors (Lipinski definition) is 3. The third-order valence-electron chi connectivity index (χ3n) is 3.43. The van der Waals surface area contributed by atoms with E-state index in [-0.39, 0.29) is 0 Å². The fourth-order valence-corrected chi connectivity index (χ4v) is 2.26. The number of nitrogen functional groups attached to an aromatic ring is 1. The van der Waals surface area contributed by atoms with Crippen molar-refractivity contribution in [3.63, 3.8) is 0 Å². The van der Waals surface area contributed by atoms with Crippen LogP contribution in [0.4, 0.5) is 11.8 Å². The molecule has 0 unspecified atom stereocenters. The fraction of sp³-hybridized carbons (Fsp3) is 0.214. The Morgan fingerprint density at radius 2 is 2.10 bits per heavy atom. The number of nitrogens with one attached hydrogen (secondary N) is 2. The number of hydrogen-bond acceptors (Lipinski definition) is 5. The molecule has 2 aromatic heterocycles. The van der Waals surface area contributed by atoms with E-state index in [4.69, 9.17) is 5.73 Å². The zero-order valence-corrected chi connectivity index (χ0v) is 10.8. The van der Waals surface area contributed by atoms with Crippen molar-refractivity contribution in [1.29, 1.82) is 0 Å². The van der Waals surface area contributed by atoms with Gasteiger partial charge in [-0.05, 0) is 31.0 Å². The van der Waals surface area contributed by atoms with Gasteiger partial charge in [-0.3, -0.25) is 5.10 Å². The summed E-state index contributed by atoms with van der Waals surface area (Å²) < 4.78 is 0. The largest absolute Gasteiger partial charge is 0.368 e. The van der Waals surface area contributed by atoms with Crippen LogP contribution in [0.2, 0.25) is 0 Å². The second-order valence-corrected chi connectivity index (χ2v) is 5.04. The lowest BCUT2D eigenvalue weighted by molar-refractivity contribution is 1.09. The van der Waals surface area contributed by atoms with E-state index in [1.807, 2.05) is 24.3 Å². The minimum absolute atomic E-state index is 0.292. The van der Waals surface area contributed by atoms with Crippen molar-refractivity contribution in [2.45, 2.75) is 18.9 Å². The average molecular weight is 266 g/mol. The molecule has 0 aliphatic heterocycles. The first-order chi connectivity index (χ1) is 9.79. The Labute approximate surface area is 115 Å². The molecule has 0 spiro atoms. The van der Waals surface area contributed by atoms with Crippen LogP contribution in [-0.2, 0) is 0 Å². The molecule has 3 aromatic rings. The standard InChI is InChI=1S/C14H14N6/c15-14-18-12-7-8(11-5-6-16-20-11)1-4-10(12)13(19-14)17-9-2-3-9/h1,4-7,9H,2-3H2,(H,16,20)(H3,15,17,18,19). The summed E-state index contributed by atoms with van der Waals surface area (Å²) in [6, 6.07) is 8.48. The fourth-order valence-electron chi connectivity index (χ4n) is 2.26. The molecule has 0 amide bonds. The minimum atomic E-state index is 0.292. The molecule has 6 heteroatoms. The van der Waals surface area contributed by atoms with E-state index < -0.39 is 0 Å². The lowest BCUT2D eigenvalue weighted by Gasteiger charge is -2.09. The van der Waals surface area contributed by atoms with Gasteiger partial charge in [0.15, 0.2) is 0 Å². The van der Waals surface area contributed by atoms with Crippen LogP contribution in [0.15, 0.2) is 30.5 Å². The number of rotatable bonds is 3. The molecule has 4 rings (SSSR count). The predicted molar refractivity (Wildman–Crippen MR) is 78.2 cm³/mol. The van der Waals surface area contributed by atoms with E-state index in [1.165, 1.54) is 12.8 Å². The number of nitrogens with two attached hydrogens (primary N) is 1. The molecule has 100 valence electrons. The molecule has 0 saturated heterocycles. The first kappa shape index (κ1) is 11.2. The number of H-pyrrole nitrogens is 1. The topological polar surface area (TPSA) is 92.5 Å². The van der Waals surface area contributed by atoms with Gasteiger partial charge in [-0.2, -0.15) is 10.1 Å². The summed E-state index contributed by atoms with van der Waals surface area (Å²) in [4.78, 5) is 8.63. The molecule has 1 aliphatic carbocycles. The van der Waals surface area contributed by atoms with Gasteiger partial charge in [-0.25, -0.2) is 4.98 Å². The van der Waals surface area contributed by atoms with E-state index >= 15 is 0 Å². The van der Waals surface area contributed by atoms with Crippen LogP contribution in [-0.4, -0.2) is 26.2 Å². The lowest BCUT2D eigenvalue weighted by atomic mass is 10.1. The van der Waals surface area contributed by atoms with Crippen LogP contribution in [0.5, 0.6) is 0 Å². The smallest absolute Gasteiger partial charge is 0.222 e. The van der Waals surface area contributed by atoms with Crippen molar-refractivity contribution >= 4 is 22.7 Å². The SMILES string of the molecule is Nc1nc(NC2CC2)c2ccc(-c3cc[nH]n3)cc2n1. The van der Waals surface area contributed by atoms with Crippen molar-refractivity contribution in [3.8, 4) is 11.3 Å². The zero-order chi connectivity index (χ0) is 13.5. The van der Waals surface area contributed by atoms with Crippen LogP contribution in [0.25, 0.3) is 22.2 Å². The highest BCUT2D eigenvalue weighted by Crippen LogP contribution is 2.30. The van der Waals surface area contributed by atoms with Gasteiger partial charge in [0.1, 0.15) is 5.82 Å². The highest BCUT2D eigenvalue weighted by Gasteiger charge is 2.22. The van der Waals surface area contributed by atoms with Crippen molar-refractivity contribution in [2.24, 2.45) is 0 Å². The molecule has 2 heterocycles. The Balaban J connectivity index is 1.85. The van der Waals surface area contributed by atoms with Crippen molar-refractivity contribution < 1.29 is 0 Å². The first-order valence-electron chi connectivity index (χ1n) is 6.63. The van der Waals surface area contributed by atoms with Gasteiger partial charge >= 0.3 is 0 Å². The van der Waals surface area contributed by atoms with Gasteiger partial charge in [0.05, 0.1) is 11.2 Å². The van der Waals surface area contributed by atoms with Crippen LogP contribution in [0, 0.1) is 0 Å². The summed E-state index contributed by atoms with van der Waals surface area (Å²) in [5, 5.41) is 11.4. The molecule has 6 nitrogen and oxygen atoms in total. The second kappa shape index (κ2) is 4.19. The number of fused-ring (bicyclic) bond motifs is 1. The van der Waals surface area contributed by atoms with E-state index in [0.717, 1.165) is 28.0 Å². The van der Waals surface area contributed by atoms with Crippen LogP contribution in [0.1, 0.15) is 12.8 Å². The second-order valence-electron chi connectivity index (χ2n) is 5.04. The van der Waals surface area contributed by atoms with Gasteiger partial charge in [-0.1, -0.05) is 6.07 Å². The van der Waals surface area contributed by atoms with Gasteiger partial charge in [-0.15, -0.1) is 0 Å². The van der Waals surface area contributed by atoms with Crippen molar-refractivity contribution in [3.05, 3.63) is 30.5 Å². The molecule has 0 bridgehead atoms. The van der Waals surface area contributed by atoms with Gasteiger partial charge in [0.25, 0.3) is 0 Å². The summed E-state index contributed by atoms with van der Waals surface area (Å²) in [5.41, 5.74) is 8.54. The quantitative estimate of drug-likeness (QED) is 0.675. The maximum absolute atomic E-state index is 5.81. The van der Waals surface area contributed by atoms with Gasteiger partial charge in [0.2, 0.25) is 5.95 Å². The average Bonchev–Trinajstić information content (AvgIpc) is 3.08. The van der Waals surface area contributed by atoms with Crippen molar-refractivity contribution in [2.75, 3.05) is 11.1 Å². The summed E-state index contributed by atoms with van der Waals surface area (Å²) in [5.74, 6) is 1.11. The lowest BCUT2D eigenvalue weighted by Crippen LogP contribution is -2.06. The summed E-state index contributed by atoms with van der Waals surface area (Å²) in [6.07, 6.45) is 4.18. The van der Waals surface area contributed by atoms with E-state index in [9.17, 15) is 0 Å². The number of anilines is 2. The van der Waals surface area contributed by atoms with Crippen molar-refractivity contribution in [1.82, 2.24) is 20.2 Å². The maximum Gasteiger partial charge on any atom is 0.222 e. The normalized spacial score (nSPS) is 14.6. The Hall–Kier alpha value is -2.63. The highest BCUT2D eigenvalue weighted by atomic mass is 15.1. The Morgan fingerprint density at radius 3 is 2.85 bits per heavy atom. The van der Waals surface area contributed by atoms with E-state index in [2.05, 4.69) is 25.5 Å². The predicted octanol–water partition coefficient (Wildman–Crippen LogP) is 2.18. The minimum Gasteiger partial charge on any atom is -0.368 e. The summed E-state index contributed by atoms with van der Waals surface area (Å²) in [6.45, 7) is 0. The number of benzene rings is 1. The molecule has 4 N–H and O–H groups in total. The number of aromatic amines is 1. The Morgan fingerprint density at radius 1 is 1.20 bits per heavy atom. The number of aromatic nitrogens is 4. The number of nitrogens with zero attached hydrogens (tertiary/aromatic N) is 3. The highest BCUT2D eigenvalue weighted by molar-refractivity contribution is 5.92. The molecule has 1 aliphatic rings. The molecule has 0 radical (unpaired) electrons. The Bertz CT molecular complexity index is 761.